The van der Waals surface area contributed by atoms with Gasteiger partial charge in [0.15, 0.2) is 5.96 Å². The molecule has 2 aromatic rings. The van der Waals surface area contributed by atoms with Crippen molar-refractivity contribution in [3.63, 3.8) is 0 Å². The van der Waals surface area contributed by atoms with Gasteiger partial charge in [-0.2, -0.15) is 0 Å². The molecule has 0 unspecified atom stereocenters. The molecule has 3 heterocycles. The number of nitrogens with zero attached hydrogens (tertiary/aromatic N) is 3. The number of furan rings is 1. The number of aliphatic imine (C=N–C) groups is 1. The first kappa shape index (κ1) is 20.8. The van der Waals surface area contributed by atoms with Crippen LogP contribution < -0.4 is 15.5 Å². The van der Waals surface area contributed by atoms with E-state index >= 15 is 0 Å². The third-order valence-corrected chi connectivity index (χ3v) is 6.19. The molecule has 1 saturated heterocycles. The largest absolute Gasteiger partial charge is 0.469 e. The normalized spacial score (nSPS) is 19.1. The van der Waals surface area contributed by atoms with E-state index in [9.17, 15) is 0 Å². The minimum absolute atomic E-state index is 0.449. The summed E-state index contributed by atoms with van der Waals surface area (Å²) in [5, 5.41) is 7.44. The van der Waals surface area contributed by atoms with Gasteiger partial charge < -0.3 is 20.0 Å². The van der Waals surface area contributed by atoms with Crippen molar-refractivity contribution < 1.29 is 4.42 Å². The Morgan fingerprint density at radius 3 is 2.50 bits per heavy atom. The summed E-state index contributed by atoms with van der Waals surface area (Å²) in [6, 6.07) is 11.2. The molecule has 2 N–H and O–H groups in total. The lowest BCUT2D eigenvalue weighted by atomic mass is 9.95. The van der Waals surface area contributed by atoms with Crippen molar-refractivity contribution in [1.82, 2.24) is 15.6 Å². The van der Waals surface area contributed by atoms with Gasteiger partial charge in [-0.1, -0.05) is 25.3 Å². The third kappa shape index (κ3) is 6.00. The molecular weight excluding hydrogens is 374 g/mol. The van der Waals surface area contributed by atoms with Gasteiger partial charge in [0.2, 0.25) is 0 Å². The first-order chi connectivity index (χ1) is 14.8. The van der Waals surface area contributed by atoms with Crippen LogP contribution in [0.25, 0.3) is 0 Å². The molecule has 30 heavy (non-hydrogen) atoms. The Labute approximate surface area is 180 Å². The number of guanidine groups is 1. The van der Waals surface area contributed by atoms with E-state index in [2.05, 4.69) is 45.6 Å². The van der Waals surface area contributed by atoms with Crippen LogP contribution in [0.4, 0.5) is 5.82 Å². The Morgan fingerprint density at radius 1 is 1.03 bits per heavy atom. The summed E-state index contributed by atoms with van der Waals surface area (Å²) < 4.78 is 5.46. The SMILES string of the molecule is Cc1cccc(N2CCC(NC(=NCCc3ccco3)NC3CCCCC3)CC2)n1. The minimum atomic E-state index is 0.449. The number of aromatic nitrogens is 1. The zero-order chi connectivity index (χ0) is 20.6. The Hall–Kier alpha value is -2.50. The minimum Gasteiger partial charge on any atom is -0.469 e. The van der Waals surface area contributed by atoms with E-state index in [1.807, 2.05) is 12.1 Å². The third-order valence-electron chi connectivity index (χ3n) is 6.19. The van der Waals surface area contributed by atoms with Crippen molar-refractivity contribution in [2.24, 2.45) is 4.99 Å². The molecule has 2 fully saturated rings. The Morgan fingerprint density at radius 2 is 1.80 bits per heavy atom. The van der Waals surface area contributed by atoms with Crippen molar-refractivity contribution in [3.05, 3.63) is 48.0 Å². The van der Waals surface area contributed by atoms with E-state index in [1.165, 1.54) is 32.1 Å². The zero-order valence-electron chi connectivity index (χ0n) is 18.1. The molecular formula is C24H35N5O. The molecule has 162 valence electrons. The lowest BCUT2D eigenvalue weighted by Gasteiger charge is -2.34. The van der Waals surface area contributed by atoms with Crippen molar-refractivity contribution in [2.75, 3.05) is 24.5 Å². The second-order valence-corrected chi connectivity index (χ2v) is 8.58. The van der Waals surface area contributed by atoms with Gasteiger partial charge in [0, 0.05) is 43.8 Å². The molecule has 6 heteroatoms. The molecule has 2 aromatic heterocycles. The summed E-state index contributed by atoms with van der Waals surface area (Å²) >= 11 is 0. The van der Waals surface area contributed by atoms with Gasteiger partial charge >= 0.3 is 0 Å². The fourth-order valence-electron chi connectivity index (χ4n) is 4.46. The van der Waals surface area contributed by atoms with Crippen LogP contribution in [0, 0.1) is 6.92 Å². The predicted octanol–water partition coefficient (Wildman–Crippen LogP) is 4.06. The van der Waals surface area contributed by atoms with E-state index < -0.39 is 0 Å². The van der Waals surface area contributed by atoms with E-state index in [0.29, 0.717) is 12.1 Å². The maximum atomic E-state index is 5.46. The van der Waals surface area contributed by atoms with E-state index in [0.717, 1.165) is 62.1 Å². The van der Waals surface area contributed by atoms with Gasteiger partial charge in [0.1, 0.15) is 11.6 Å². The molecule has 0 spiro atoms. The second kappa shape index (κ2) is 10.5. The number of hydrogen-bond donors (Lipinski definition) is 2. The van der Waals surface area contributed by atoms with Crippen molar-refractivity contribution in [2.45, 2.75) is 70.4 Å². The molecule has 1 aliphatic heterocycles. The van der Waals surface area contributed by atoms with Gasteiger partial charge in [0.05, 0.1) is 6.26 Å². The number of rotatable bonds is 6. The van der Waals surface area contributed by atoms with Crippen LogP contribution in [0.5, 0.6) is 0 Å². The molecule has 4 rings (SSSR count). The van der Waals surface area contributed by atoms with Crippen LogP contribution in [-0.4, -0.2) is 42.7 Å². The molecule has 1 aliphatic carbocycles. The van der Waals surface area contributed by atoms with Crippen LogP contribution >= 0.6 is 0 Å². The Kier molecular flexibility index (Phi) is 7.27. The lowest BCUT2D eigenvalue weighted by Crippen LogP contribution is -2.51. The fraction of sp³-hybridized carbons (Fsp3) is 0.583. The van der Waals surface area contributed by atoms with E-state index in [4.69, 9.17) is 9.41 Å². The summed E-state index contributed by atoms with van der Waals surface area (Å²) in [5.41, 5.74) is 1.08. The molecule has 0 radical (unpaired) electrons. The van der Waals surface area contributed by atoms with Crippen LogP contribution in [0.15, 0.2) is 46.0 Å². The quantitative estimate of drug-likeness (QED) is 0.556. The number of piperidine rings is 1. The molecule has 0 amide bonds. The van der Waals surface area contributed by atoms with Crippen molar-refractivity contribution in [3.8, 4) is 0 Å². The summed E-state index contributed by atoms with van der Waals surface area (Å²) in [6.45, 7) is 4.84. The van der Waals surface area contributed by atoms with Crippen LogP contribution in [0.1, 0.15) is 56.4 Å². The van der Waals surface area contributed by atoms with E-state index in [-0.39, 0.29) is 0 Å². The van der Waals surface area contributed by atoms with Gasteiger partial charge in [-0.15, -0.1) is 0 Å². The fourth-order valence-corrected chi connectivity index (χ4v) is 4.46. The molecule has 6 nitrogen and oxygen atoms in total. The maximum absolute atomic E-state index is 5.46. The molecule has 1 saturated carbocycles. The smallest absolute Gasteiger partial charge is 0.191 e. The van der Waals surface area contributed by atoms with Crippen LogP contribution in [-0.2, 0) is 6.42 Å². The topological polar surface area (TPSA) is 65.7 Å². The molecule has 0 bridgehead atoms. The lowest BCUT2D eigenvalue weighted by molar-refractivity contribution is 0.401. The van der Waals surface area contributed by atoms with Gasteiger partial charge in [-0.25, -0.2) is 4.98 Å². The number of nitrogens with one attached hydrogen (secondary N) is 2. The second-order valence-electron chi connectivity index (χ2n) is 8.58. The van der Waals surface area contributed by atoms with Crippen molar-refractivity contribution in [1.29, 1.82) is 0 Å². The Bertz CT molecular complexity index is 790. The summed E-state index contributed by atoms with van der Waals surface area (Å²) in [7, 11) is 0. The average molecular weight is 410 g/mol. The monoisotopic (exact) mass is 409 g/mol. The number of aryl methyl sites for hydroxylation is 1. The highest BCUT2D eigenvalue weighted by Gasteiger charge is 2.22. The summed E-state index contributed by atoms with van der Waals surface area (Å²) in [5.74, 6) is 3.07. The molecule has 0 atom stereocenters. The van der Waals surface area contributed by atoms with Gasteiger partial charge in [0.25, 0.3) is 0 Å². The predicted molar refractivity (Wildman–Crippen MR) is 122 cm³/mol. The Balaban J connectivity index is 1.32. The highest BCUT2D eigenvalue weighted by Crippen LogP contribution is 2.19. The number of pyridine rings is 1. The number of hydrogen-bond acceptors (Lipinski definition) is 4. The zero-order valence-corrected chi connectivity index (χ0v) is 18.1. The average Bonchev–Trinajstić information content (AvgIpc) is 3.28. The first-order valence-electron chi connectivity index (χ1n) is 11.5. The number of anilines is 1. The summed E-state index contributed by atoms with van der Waals surface area (Å²) in [6.07, 6.45) is 11.3. The summed E-state index contributed by atoms with van der Waals surface area (Å²) in [4.78, 5) is 12.0. The maximum Gasteiger partial charge on any atom is 0.191 e. The van der Waals surface area contributed by atoms with E-state index in [1.54, 1.807) is 6.26 Å². The standard InChI is InChI=1S/C24H35N5O/c1-19-7-5-11-23(26-19)29-16-13-21(14-17-29)28-24(27-20-8-3-2-4-9-20)25-15-12-22-10-6-18-30-22/h5-7,10-11,18,20-21H,2-4,8-9,12-17H2,1H3,(H2,25,27,28). The highest BCUT2D eigenvalue weighted by molar-refractivity contribution is 5.80. The van der Waals surface area contributed by atoms with Gasteiger partial charge in [-0.3, -0.25) is 4.99 Å². The molecule has 2 aliphatic rings. The molecule has 0 aromatic carbocycles. The van der Waals surface area contributed by atoms with Crippen LogP contribution in [0.2, 0.25) is 0 Å². The highest BCUT2D eigenvalue weighted by atomic mass is 16.3. The first-order valence-corrected chi connectivity index (χ1v) is 11.5. The van der Waals surface area contributed by atoms with Gasteiger partial charge in [-0.05, 0) is 56.9 Å². The van der Waals surface area contributed by atoms with Crippen molar-refractivity contribution >= 4 is 11.8 Å². The van der Waals surface area contributed by atoms with Crippen LogP contribution in [0.3, 0.4) is 0 Å².